The summed E-state index contributed by atoms with van der Waals surface area (Å²) >= 11 is 0. The summed E-state index contributed by atoms with van der Waals surface area (Å²) < 4.78 is 0. The van der Waals surface area contributed by atoms with Crippen molar-refractivity contribution in [2.24, 2.45) is 5.92 Å². The van der Waals surface area contributed by atoms with E-state index in [2.05, 4.69) is 29.1 Å². The van der Waals surface area contributed by atoms with Gasteiger partial charge in [0.05, 0.1) is 0 Å². The van der Waals surface area contributed by atoms with Crippen LogP contribution in [0.4, 0.5) is 0 Å². The lowest BCUT2D eigenvalue weighted by atomic mass is 9.83. The Morgan fingerprint density at radius 2 is 1.74 bits per heavy atom. The Balaban J connectivity index is 1.62. The molecule has 3 nitrogen and oxygen atoms in total. The van der Waals surface area contributed by atoms with E-state index in [1.807, 2.05) is 0 Å². The smallest absolute Gasteiger partial charge is 0.0110 e. The van der Waals surface area contributed by atoms with Crippen LogP contribution >= 0.6 is 0 Å². The first-order valence-corrected chi connectivity index (χ1v) is 8.44. The second kappa shape index (κ2) is 8.23. The standard InChI is InChI=1S/C16H33N3/c1-3-16(15-7-5-4-6-8-15)17-9-10-19-13-11-18(2)12-14-19/h15-17H,3-14H2,1-2H3. The van der Waals surface area contributed by atoms with Gasteiger partial charge in [0.25, 0.3) is 0 Å². The van der Waals surface area contributed by atoms with Gasteiger partial charge in [-0.1, -0.05) is 26.2 Å². The minimum Gasteiger partial charge on any atom is -0.312 e. The van der Waals surface area contributed by atoms with Gasteiger partial charge in [0.1, 0.15) is 0 Å². The summed E-state index contributed by atoms with van der Waals surface area (Å²) in [6.07, 6.45) is 8.60. The molecule has 3 heteroatoms. The zero-order valence-electron chi connectivity index (χ0n) is 13.0. The molecule has 0 spiro atoms. The third-order valence-corrected chi connectivity index (χ3v) is 5.09. The van der Waals surface area contributed by atoms with Crippen LogP contribution < -0.4 is 5.32 Å². The van der Waals surface area contributed by atoms with E-state index >= 15 is 0 Å². The molecule has 0 bridgehead atoms. The Morgan fingerprint density at radius 1 is 1.05 bits per heavy atom. The van der Waals surface area contributed by atoms with Crippen LogP contribution in [0, 0.1) is 5.92 Å². The minimum absolute atomic E-state index is 0.771. The molecule has 0 aromatic rings. The fraction of sp³-hybridized carbons (Fsp3) is 1.00. The molecule has 1 N–H and O–H groups in total. The molecular formula is C16H33N3. The molecule has 1 saturated carbocycles. The van der Waals surface area contributed by atoms with E-state index in [-0.39, 0.29) is 0 Å². The molecule has 2 aliphatic rings. The van der Waals surface area contributed by atoms with Crippen molar-refractivity contribution in [1.82, 2.24) is 15.1 Å². The van der Waals surface area contributed by atoms with Gasteiger partial charge in [0.15, 0.2) is 0 Å². The molecule has 0 aromatic carbocycles. The molecule has 2 rings (SSSR count). The molecule has 1 saturated heterocycles. The lowest BCUT2D eigenvalue weighted by molar-refractivity contribution is 0.150. The first kappa shape index (κ1) is 15.3. The van der Waals surface area contributed by atoms with Gasteiger partial charge < -0.3 is 10.2 Å². The molecule has 1 heterocycles. The average molecular weight is 267 g/mol. The number of rotatable bonds is 6. The van der Waals surface area contributed by atoms with Crippen molar-refractivity contribution in [3.05, 3.63) is 0 Å². The predicted octanol–water partition coefficient (Wildman–Crippen LogP) is 2.18. The highest BCUT2D eigenvalue weighted by molar-refractivity contribution is 4.79. The summed E-state index contributed by atoms with van der Waals surface area (Å²) in [5, 5.41) is 3.84. The van der Waals surface area contributed by atoms with E-state index in [1.54, 1.807) is 0 Å². The SMILES string of the molecule is CCC(NCCN1CCN(C)CC1)C1CCCCC1. The van der Waals surface area contributed by atoms with E-state index in [1.165, 1.54) is 77.8 Å². The van der Waals surface area contributed by atoms with Crippen LogP contribution in [0.5, 0.6) is 0 Å². The summed E-state index contributed by atoms with van der Waals surface area (Å²) in [7, 11) is 2.23. The van der Waals surface area contributed by atoms with Crippen molar-refractivity contribution in [1.29, 1.82) is 0 Å². The van der Waals surface area contributed by atoms with Gasteiger partial charge >= 0.3 is 0 Å². The molecule has 19 heavy (non-hydrogen) atoms. The average Bonchev–Trinajstić information content (AvgIpc) is 2.46. The van der Waals surface area contributed by atoms with Gasteiger partial charge in [-0.2, -0.15) is 0 Å². The highest BCUT2D eigenvalue weighted by atomic mass is 15.2. The lowest BCUT2D eigenvalue weighted by Crippen LogP contribution is -2.48. The Kier molecular flexibility index (Phi) is 6.62. The maximum atomic E-state index is 3.84. The van der Waals surface area contributed by atoms with Crippen LogP contribution in [0.3, 0.4) is 0 Å². The summed E-state index contributed by atoms with van der Waals surface area (Å²) in [6, 6.07) is 0.771. The highest BCUT2D eigenvalue weighted by Crippen LogP contribution is 2.27. The second-order valence-electron chi connectivity index (χ2n) is 6.51. The molecule has 1 aliphatic heterocycles. The van der Waals surface area contributed by atoms with Crippen LogP contribution in [0.2, 0.25) is 0 Å². The van der Waals surface area contributed by atoms with Crippen molar-refractivity contribution < 1.29 is 0 Å². The summed E-state index contributed by atoms with van der Waals surface area (Å²) in [4.78, 5) is 5.04. The normalized spacial score (nSPS) is 25.6. The van der Waals surface area contributed by atoms with Gasteiger partial charge in [-0.3, -0.25) is 4.90 Å². The summed E-state index contributed by atoms with van der Waals surface area (Å²) in [5.41, 5.74) is 0. The van der Waals surface area contributed by atoms with Crippen molar-refractivity contribution in [3.63, 3.8) is 0 Å². The number of likely N-dealkylation sites (N-methyl/N-ethyl adjacent to an activating group) is 1. The third kappa shape index (κ3) is 5.05. The lowest BCUT2D eigenvalue weighted by Gasteiger charge is -2.34. The molecule has 0 amide bonds. The Morgan fingerprint density at radius 3 is 2.37 bits per heavy atom. The maximum Gasteiger partial charge on any atom is 0.0110 e. The Bertz CT molecular complexity index is 230. The molecule has 112 valence electrons. The van der Waals surface area contributed by atoms with Gasteiger partial charge in [0.2, 0.25) is 0 Å². The third-order valence-electron chi connectivity index (χ3n) is 5.09. The van der Waals surface area contributed by atoms with Crippen LogP contribution in [0.1, 0.15) is 45.4 Å². The molecule has 1 unspecified atom stereocenters. The fourth-order valence-electron chi connectivity index (χ4n) is 3.66. The van der Waals surface area contributed by atoms with Crippen molar-refractivity contribution in [2.45, 2.75) is 51.5 Å². The number of piperazine rings is 1. The predicted molar refractivity (Wildman–Crippen MR) is 82.6 cm³/mol. The second-order valence-corrected chi connectivity index (χ2v) is 6.51. The van der Waals surface area contributed by atoms with Crippen LogP contribution in [0.25, 0.3) is 0 Å². The van der Waals surface area contributed by atoms with Crippen LogP contribution in [0.15, 0.2) is 0 Å². The number of nitrogens with one attached hydrogen (secondary N) is 1. The molecule has 0 radical (unpaired) electrons. The highest BCUT2D eigenvalue weighted by Gasteiger charge is 2.22. The van der Waals surface area contributed by atoms with Crippen molar-refractivity contribution in [2.75, 3.05) is 46.3 Å². The van der Waals surface area contributed by atoms with Crippen molar-refractivity contribution in [3.8, 4) is 0 Å². The van der Waals surface area contributed by atoms with E-state index in [0.29, 0.717) is 0 Å². The Labute approximate surface area is 119 Å². The summed E-state index contributed by atoms with van der Waals surface area (Å²) in [5.74, 6) is 0.950. The fourth-order valence-corrected chi connectivity index (χ4v) is 3.66. The number of hydrogen-bond donors (Lipinski definition) is 1. The maximum absolute atomic E-state index is 3.84. The monoisotopic (exact) mass is 267 g/mol. The van der Waals surface area contributed by atoms with E-state index in [9.17, 15) is 0 Å². The zero-order valence-corrected chi connectivity index (χ0v) is 13.0. The first-order chi connectivity index (χ1) is 9.29. The first-order valence-electron chi connectivity index (χ1n) is 8.44. The van der Waals surface area contributed by atoms with Crippen molar-refractivity contribution >= 4 is 0 Å². The van der Waals surface area contributed by atoms with Gasteiger partial charge in [-0.15, -0.1) is 0 Å². The number of hydrogen-bond acceptors (Lipinski definition) is 3. The quantitative estimate of drug-likeness (QED) is 0.796. The molecular weight excluding hydrogens is 234 g/mol. The summed E-state index contributed by atoms with van der Waals surface area (Å²) in [6.45, 7) is 9.73. The van der Waals surface area contributed by atoms with E-state index < -0.39 is 0 Å². The topological polar surface area (TPSA) is 18.5 Å². The van der Waals surface area contributed by atoms with Gasteiger partial charge in [0, 0.05) is 45.3 Å². The van der Waals surface area contributed by atoms with E-state index in [0.717, 1.165) is 12.0 Å². The largest absolute Gasteiger partial charge is 0.312 e. The van der Waals surface area contributed by atoms with Crippen LogP contribution in [-0.2, 0) is 0 Å². The zero-order chi connectivity index (χ0) is 13.5. The van der Waals surface area contributed by atoms with Gasteiger partial charge in [-0.05, 0) is 32.2 Å². The molecule has 1 aliphatic carbocycles. The molecule has 1 atom stereocenters. The minimum atomic E-state index is 0.771. The van der Waals surface area contributed by atoms with Crippen LogP contribution in [-0.4, -0.2) is 62.2 Å². The molecule has 2 fully saturated rings. The Hall–Kier alpha value is -0.120. The molecule has 0 aromatic heterocycles. The van der Waals surface area contributed by atoms with Gasteiger partial charge in [-0.25, -0.2) is 0 Å². The van der Waals surface area contributed by atoms with E-state index in [4.69, 9.17) is 0 Å². The number of nitrogens with zero attached hydrogens (tertiary/aromatic N) is 2.